The summed E-state index contributed by atoms with van der Waals surface area (Å²) in [6.07, 6.45) is 1.89. The number of hydrogen-bond donors (Lipinski definition) is 1. The smallest absolute Gasteiger partial charge is 0.226 e. The summed E-state index contributed by atoms with van der Waals surface area (Å²) >= 11 is 0. The molecule has 2 aromatic rings. The highest BCUT2D eigenvalue weighted by molar-refractivity contribution is 5.86. The lowest BCUT2D eigenvalue weighted by atomic mass is 9.87. The molecule has 2 aliphatic heterocycles. The number of hydrogen-bond acceptors (Lipinski definition) is 3. The Morgan fingerprint density at radius 2 is 1.86 bits per heavy atom. The van der Waals surface area contributed by atoms with Crippen LogP contribution in [0.2, 0.25) is 0 Å². The summed E-state index contributed by atoms with van der Waals surface area (Å²) in [5, 5.41) is 0. The van der Waals surface area contributed by atoms with Gasteiger partial charge in [-0.15, -0.1) is 12.4 Å². The van der Waals surface area contributed by atoms with Crippen LogP contribution in [0.1, 0.15) is 29.9 Å². The predicted octanol–water partition coefficient (Wildman–Crippen LogP) is 3.35. The molecule has 2 heterocycles. The van der Waals surface area contributed by atoms with Crippen molar-refractivity contribution in [3.63, 3.8) is 0 Å². The number of nitrogens with zero attached hydrogens (tertiary/aromatic N) is 1. The summed E-state index contributed by atoms with van der Waals surface area (Å²) in [6.45, 7) is 2.89. The molecule has 1 amide bonds. The highest BCUT2D eigenvalue weighted by Gasteiger charge is 2.62. The number of benzene rings is 2. The Hall–Kier alpha value is -2.04. The number of halogens is 1. The molecule has 0 aromatic heterocycles. The quantitative estimate of drug-likeness (QED) is 0.862. The van der Waals surface area contributed by atoms with Crippen LogP contribution in [0.4, 0.5) is 0 Å². The van der Waals surface area contributed by atoms with Gasteiger partial charge in [0.05, 0.1) is 6.61 Å². The first-order chi connectivity index (χ1) is 13.2. The van der Waals surface area contributed by atoms with Gasteiger partial charge < -0.3 is 15.4 Å². The van der Waals surface area contributed by atoms with Gasteiger partial charge >= 0.3 is 0 Å². The van der Waals surface area contributed by atoms with E-state index in [1.54, 1.807) is 0 Å². The molecule has 148 valence electrons. The molecule has 2 fully saturated rings. The molecule has 1 spiro atoms. The molecule has 4 atom stereocenters. The van der Waals surface area contributed by atoms with Crippen molar-refractivity contribution in [1.29, 1.82) is 0 Å². The van der Waals surface area contributed by atoms with Gasteiger partial charge in [0.15, 0.2) is 0 Å². The number of nitrogens with two attached hydrogens (primary N) is 1. The van der Waals surface area contributed by atoms with Crippen molar-refractivity contribution < 1.29 is 9.53 Å². The number of carbonyl (C=O) groups is 1. The van der Waals surface area contributed by atoms with E-state index in [0.29, 0.717) is 30.9 Å². The van der Waals surface area contributed by atoms with Gasteiger partial charge in [0.2, 0.25) is 5.91 Å². The van der Waals surface area contributed by atoms with Gasteiger partial charge in [-0.3, -0.25) is 4.79 Å². The molecule has 2 aromatic carbocycles. The minimum absolute atomic E-state index is 0. The Bertz CT molecular complexity index is 859. The molecule has 28 heavy (non-hydrogen) atoms. The fourth-order valence-corrected chi connectivity index (χ4v) is 5.27. The number of fused-ring (bicyclic) bond motifs is 2. The van der Waals surface area contributed by atoms with Crippen LogP contribution < -0.4 is 10.5 Å². The fourth-order valence-electron chi connectivity index (χ4n) is 5.27. The second-order valence-electron chi connectivity index (χ2n) is 8.26. The highest BCUT2D eigenvalue weighted by atomic mass is 35.5. The first-order valence-corrected chi connectivity index (χ1v) is 9.99. The highest BCUT2D eigenvalue weighted by Crippen LogP contribution is 2.61. The Morgan fingerprint density at radius 1 is 1.11 bits per heavy atom. The second kappa shape index (κ2) is 7.41. The van der Waals surface area contributed by atoms with Crippen LogP contribution in [-0.4, -0.2) is 37.0 Å². The molecule has 0 radical (unpaired) electrons. The van der Waals surface area contributed by atoms with Crippen molar-refractivity contribution in [1.82, 2.24) is 4.90 Å². The Kier molecular flexibility index (Phi) is 5.11. The van der Waals surface area contributed by atoms with E-state index < -0.39 is 0 Å². The van der Waals surface area contributed by atoms with Crippen molar-refractivity contribution in [3.8, 4) is 5.75 Å². The van der Waals surface area contributed by atoms with E-state index in [0.717, 1.165) is 31.7 Å². The van der Waals surface area contributed by atoms with E-state index in [-0.39, 0.29) is 23.7 Å². The largest absolute Gasteiger partial charge is 0.493 e. The zero-order valence-corrected chi connectivity index (χ0v) is 16.7. The number of para-hydroxylation sites is 1. The maximum absolute atomic E-state index is 13.4. The van der Waals surface area contributed by atoms with E-state index in [1.807, 2.05) is 18.2 Å². The molecular formula is C23H27ClN2O2. The zero-order chi connectivity index (χ0) is 18.4. The molecule has 1 saturated heterocycles. The van der Waals surface area contributed by atoms with Gasteiger partial charge in [-0.2, -0.15) is 0 Å². The molecule has 1 saturated carbocycles. The number of rotatable bonds is 3. The Balaban J connectivity index is 0.00000192. The Morgan fingerprint density at radius 3 is 2.64 bits per heavy atom. The lowest BCUT2D eigenvalue weighted by Gasteiger charge is -2.27. The van der Waals surface area contributed by atoms with Gasteiger partial charge in [0.25, 0.3) is 0 Å². The number of ether oxygens (including phenoxy) is 1. The minimum Gasteiger partial charge on any atom is -0.493 e. The Labute approximate surface area is 172 Å². The second-order valence-corrected chi connectivity index (χ2v) is 8.26. The van der Waals surface area contributed by atoms with Crippen molar-refractivity contribution in [2.24, 2.45) is 17.6 Å². The first-order valence-electron chi connectivity index (χ1n) is 9.99. The van der Waals surface area contributed by atoms with E-state index in [2.05, 4.69) is 41.3 Å². The summed E-state index contributed by atoms with van der Waals surface area (Å²) in [5.41, 5.74) is 8.58. The SMILES string of the molecule is Cl.NC[C@@H]1CN(C(=O)C2CC23CCOc2ccccc23)C[C@H]1c1ccccc1. The lowest BCUT2D eigenvalue weighted by Crippen LogP contribution is -2.34. The third kappa shape index (κ3) is 2.99. The van der Waals surface area contributed by atoms with Crippen LogP contribution in [0, 0.1) is 11.8 Å². The average molecular weight is 399 g/mol. The van der Waals surface area contributed by atoms with Gasteiger partial charge in [0, 0.05) is 35.9 Å². The van der Waals surface area contributed by atoms with Crippen molar-refractivity contribution in [2.45, 2.75) is 24.2 Å². The molecule has 2 N–H and O–H groups in total. The van der Waals surface area contributed by atoms with E-state index in [4.69, 9.17) is 10.5 Å². The van der Waals surface area contributed by atoms with Crippen LogP contribution in [-0.2, 0) is 10.2 Å². The molecule has 5 rings (SSSR count). The third-order valence-corrected chi connectivity index (χ3v) is 6.89. The van der Waals surface area contributed by atoms with Crippen LogP contribution in [0.15, 0.2) is 54.6 Å². The maximum atomic E-state index is 13.4. The predicted molar refractivity (Wildman–Crippen MR) is 112 cm³/mol. The van der Waals surface area contributed by atoms with Crippen LogP contribution in [0.3, 0.4) is 0 Å². The van der Waals surface area contributed by atoms with Crippen molar-refractivity contribution in [3.05, 3.63) is 65.7 Å². The fraction of sp³-hybridized carbons (Fsp3) is 0.435. The topological polar surface area (TPSA) is 55.6 Å². The number of likely N-dealkylation sites (tertiary alicyclic amines) is 1. The molecule has 3 aliphatic rings. The maximum Gasteiger partial charge on any atom is 0.226 e. The third-order valence-electron chi connectivity index (χ3n) is 6.89. The summed E-state index contributed by atoms with van der Waals surface area (Å²) in [7, 11) is 0. The molecule has 4 nitrogen and oxygen atoms in total. The summed E-state index contributed by atoms with van der Waals surface area (Å²) in [6, 6.07) is 18.7. The van der Waals surface area contributed by atoms with E-state index in [9.17, 15) is 4.79 Å². The molecular weight excluding hydrogens is 372 g/mol. The monoisotopic (exact) mass is 398 g/mol. The zero-order valence-electron chi connectivity index (χ0n) is 15.9. The standard InChI is InChI=1S/C23H26N2O2.ClH/c24-13-17-14-25(15-18(17)16-6-2-1-3-7-16)22(26)20-12-23(20)10-11-27-21-9-5-4-8-19(21)23;/h1-9,17-18,20H,10-15,24H2;1H/t17-,18+,20?,23?;/m1./s1. The van der Waals surface area contributed by atoms with Crippen LogP contribution >= 0.6 is 12.4 Å². The van der Waals surface area contributed by atoms with Gasteiger partial charge in [0.1, 0.15) is 5.75 Å². The summed E-state index contributed by atoms with van der Waals surface area (Å²) < 4.78 is 5.82. The van der Waals surface area contributed by atoms with Crippen LogP contribution in [0.5, 0.6) is 5.75 Å². The lowest BCUT2D eigenvalue weighted by molar-refractivity contribution is -0.132. The summed E-state index contributed by atoms with van der Waals surface area (Å²) in [4.78, 5) is 15.4. The van der Waals surface area contributed by atoms with Gasteiger partial charge in [-0.1, -0.05) is 48.5 Å². The van der Waals surface area contributed by atoms with Gasteiger partial charge in [-0.05, 0) is 36.9 Å². The molecule has 1 aliphatic carbocycles. The first kappa shape index (κ1) is 19.3. The average Bonchev–Trinajstić information content (AvgIpc) is 3.26. The van der Waals surface area contributed by atoms with E-state index in [1.165, 1.54) is 11.1 Å². The normalized spacial score (nSPS) is 30.3. The van der Waals surface area contributed by atoms with Crippen LogP contribution in [0.25, 0.3) is 0 Å². The number of carbonyl (C=O) groups excluding carboxylic acids is 1. The molecule has 5 heteroatoms. The van der Waals surface area contributed by atoms with E-state index >= 15 is 0 Å². The van der Waals surface area contributed by atoms with Crippen molar-refractivity contribution >= 4 is 18.3 Å². The summed E-state index contributed by atoms with van der Waals surface area (Å²) in [5.74, 6) is 2.05. The van der Waals surface area contributed by atoms with Gasteiger partial charge in [-0.25, -0.2) is 0 Å². The number of amides is 1. The molecule has 0 bridgehead atoms. The minimum atomic E-state index is -0.00499. The van der Waals surface area contributed by atoms with Crippen molar-refractivity contribution in [2.75, 3.05) is 26.2 Å². The molecule has 2 unspecified atom stereocenters.